The van der Waals surface area contributed by atoms with Gasteiger partial charge in [0.1, 0.15) is 12.1 Å². The molecule has 0 radical (unpaired) electrons. The summed E-state index contributed by atoms with van der Waals surface area (Å²) < 4.78 is 27.7. The van der Waals surface area contributed by atoms with Crippen molar-refractivity contribution in [3.05, 3.63) is 35.9 Å². The minimum atomic E-state index is -4.26. The van der Waals surface area contributed by atoms with Crippen molar-refractivity contribution < 1.29 is 38.1 Å². The first-order chi connectivity index (χ1) is 16.4. The van der Waals surface area contributed by atoms with Crippen LogP contribution in [0.5, 0.6) is 0 Å². The van der Waals surface area contributed by atoms with Crippen LogP contribution in [-0.2, 0) is 30.2 Å². The average Bonchev–Trinajstić information content (AvgIpc) is 2.77. The number of nitrogens with one attached hydrogen (secondary N) is 1. The van der Waals surface area contributed by atoms with E-state index in [1.54, 1.807) is 30.3 Å². The third-order valence-corrected chi connectivity index (χ3v) is 8.29. The van der Waals surface area contributed by atoms with Crippen molar-refractivity contribution in [3.63, 3.8) is 0 Å². The van der Waals surface area contributed by atoms with E-state index in [9.17, 15) is 38.1 Å². The second kappa shape index (κ2) is 11.0. The smallest absolute Gasteiger partial charge is 0.322 e. The first-order valence-corrected chi connectivity index (χ1v) is 13.0. The van der Waals surface area contributed by atoms with E-state index in [0.29, 0.717) is 18.7 Å². The molecule has 0 saturated carbocycles. The number of likely N-dealkylation sites (N-methyl/N-ethyl adjacent to an activating group) is 1. The van der Waals surface area contributed by atoms with Crippen LogP contribution >= 0.6 is 0 Å². The lowest BCUT2D eigenvalue weighted by Crippen LogP contribution is -2.70. The molecule has 3 aliphatic rings. The lowest BCUT2D eigenvalue weighted by molar-refractivity contribution is -0.157. The molecule has 3 saturated heterocycles. The van der Waals surface area contributed by atoms with E-state index in [4.69, 9.17) is 5.73 Å². The zero-order valence-corrected chi connectivity index (χ0v) is 20.2. The van der Waals surface area contributed by atoms with Crippen molar-refractivity contribution >= 4 is 27.9 Å². The van der Waals surface area contributed by atoms with Crippen LogP contribution < -0.4 is 10.5 Å². The number of benzene rings is 1. The number of nitrogens with two attached hydrogens (primary N) is 1. The molecular formula is C22H32N4O8S. The number of hydrogen-bond donors (Lipinski definition) is 5. The molecule has 0 amide bonds. The highest BCUT2D eigenvalue weighted by Crippen LogP contribution is 2.34. The highest BCUT2D eigenvalue weighted by molar-refractivity contribution is 7.88. The van der Waals surface area contributed by atoms with Gasteiger partial charge in [-0.2, -0.15) is 0 Å². The highest BCUT2D eigenvalue weighted by Gasteiger charge is 2.49. The van der Waals surface area contributed by atoms with Gasteiger partial charge in [0, 0.05) is 25.0 Å². The van der Waals surface area contributed by atoms with Crippen molar-refractivity contribution in [3.8, 4) is 0 Å². The largest absolute Gasteiger partial charge is 0.481 e. The first-order valence-electron chi connectivity index (χ1n) is 11.3. The lowest BCUT2D eigenvalue weighted by atomic mass is 9.80. The van der Waals surface area contributed by atoms with Gasteiger partial charge in [0.15, 0.2) is 0 Å². The average molecular weight is 513 g/mol. The Morgan fingerprint density at radius 3 is 2.20 bits per heavy atom. The Morgan fingerprint density at radius 2 is 1.71 bits per heavy atom. The molecule has 5 atom stereocenters. The Hall–Kier alpha value is -2.58. The Balaban J connectivity index is 1.93. The van der Waals surface area contributed by atoms with Gasteiger partial charge < -0.3 is 21.1 Å². The van der Waals surface area contributed by atoms with Crippen molar-refractivity contribution in [2.45, 2.75) is 49.3 Å². The molecule has 4 rings (SSSR count). The van der Waals surface area contributed by atoms with Crippen LogP contribution in [-0.4, -0.2) is 95.9 Å². The topological polar surface area (TPSA) is 191 Å². The van der Waals surface area contributed by atoms with E-state index in [-0.39, 0.29) is 5.92 Å². The number of nitrogens with zero attached hydrogens (tertiary/aromatic N) is 2. The van der Waals surface area contributed by atoms with Crippen molar-refractivity contribution in [1.29, 1.82) is 0 Å². The van der Waals surface area contributed by atoms with Crippen LogP contribution in [0.4, 0.5) is 0 Å². The molecule has 3 heterocycles. The zero-order chi connectivity index (χ0) is 25.9. The number of carboxylic acids is 3. The summed E-state index contributed by atoms with van der Waals surface area (Å²) in [7, 11) is -2.79. The summed E-state index contributed by atoms with van der Waals surface area (Å²) in [5.74, 6) is -6.57. The van der Waals surface area contributed by atoms with E-state index >= 15 is 0 Å². The van der Waals surface area contributed by atoms with Gasteiger partial charge in [-0.25, -0.2) is 13.1 Å². The van der Waals surface area contributed by atoms with Gasteiger partial charge in [-0.05, 0) is 31.4 Å². The molecule has 1 aromatic carbocycles. The molecule has 1 aromatic rings. The number of aliphatic carboxylic acids is 3. The molecular weight excluding hydrogens is 480 g/mol. The fraction of sp³-hybridized carbons (Fsp3) is 0.591. The van der Waals surface area contributed by atoms with Crippen LogP contribution in [0.15, 0.2) is 30.3 Å². The highest BCUT2D eigenvalue weighted by atomic mass is 32.2. The van der Waals surface area contributed by atoms with Gasteiger partial charge in [0.25, 0.3) is 0 Å². The summed E-state index contributed by atoms with van der Waals surface area (Å²) in [6.45, 7) is 1.38. The van der Waals surface area contributed by atoms with E-state index < -0.39 is 70.3 Å². The summed E-state index contributed by atoms with van der Waals surface area (Å²) in [6, 6.07) is 4.01. The Kier molecular flexibility index (Phi) is 8.49. The van der Waals surface area contributed by atoms with Crippen LogP contribution in [0.25, 0.3) is 0 Å². The molecule has 3 aliphatic heterocycles. The third-order valence-electron chi connectivity index (χ3n) is 6.96. The Bertz CT molecular complexity index is 1030. The number of rotatable bonds is 12. The van der Waals surface area contributed by atoms with Crippen LogP contribution in [0.3, 0.4) is 0 Å². The van der Waals surface area contributed by atoms with Crippen LogP contribution in [0.2, 0.25) is 0 Å². The van der Waals surface area contributed by atoms with Gasteiger partial charge in [-0.3, -0.25) is 24.2 Å². The van der Waals surface area contributed by atoms with Crippen molar-refractivity contribution in [1.82, 2.24) is 14.5 Å². The summed E-state index contributed by atoms with van der Waals surface area (Å²) in [6.07, 6.45) is 0.296. The zero-order valence-electron chi connectivity index (χ0n) is 19.4. The summed E-state index contributed by atoms with van der Waals surface area (Å²) >= 11 is 0. The molecule has 3 unspecified atom stereocenters. The quantitative estimate of drug-likeness (QED) is 0.241. The molecule has 0 spiro atoms. The summed E-state index contributed by atoms with van der Waals surface area (Å²) in [5, 5.41) is 29.5. The Morgan fingerprint density at radius 1 is 1.11 bits per heavy atom. The second-order valence-electron chi connectivity index (χ2n) is 9.25. The van der Waals surface area contributed by atoms with Gasteiger partial charge in [0.2, 0.25) is 10.0 Å². The minimum absolute atomic E-state index is 0.166. The lowest BCUT2D eigenvalue weighted by Gasteiger charge is -2.54. The van der Waals surface area contributed by atoms with E-state index in [2.05, 4.69) is 4.72 Å². The maximum atomic E-state index is 12.8. The molecule has 12 nitrogen and oxygen atoms in total. The van der Waals surface area contributed by atoms with Crippen LogP contribution in [0.1, 0.15) is 24.8 Å². The Labute approximate surface area is 203 Å². The molecule has 13 heteroatoms. The van der Waals surface area contributed by atoms with Gasteiger partial charge in [0.05, 0.1) is 18.3 Å². The van der Waals surface area contributed by atoms with Gasteiger partial charge in [-0.1, -0.05) is 30.3 Å². The predicted octanol–water partition coefficient (Wildman–Crippen LogP) is -0.586. The number of carbonyl (C=O) groups is 3. The van der Waals surface area contributed by atoms with E-state index in [0.717, 1.165) is 12.8 Å². The number of sulfonamides is 1. The van der Waals surface area contributed by atoms with Crippen molar-refractivity contribution in [2.75, 3.05) is 20.1 Å². The molecule has 2 bridgehead atoms. The van der Waals surface area contributed by atoms with E-state index in [1.165, 1.54) is 11.9 Å². The SMILES string of the molecule is CN(C(C(=O)O)C(CC(=O)O)[C@H](NS(=O)(=O)Cc1ccccc1)C(=O)O)C1[C@@H](N)C2CCN1CC2. The number of hydrogen-bond acceptors (Lipinski definition) is 8. The standard InChI is InChI=1S/C22H32N4O8S/c1-25(20-17(23)14-7-9-26(20)10-8-14)19(22(31)32)15(11-16(27)28)18(21(29)30)24-35(33,34)12-13-5-3-2-4-6-13/h2-6,14-15,17-20,24H,7-12,23H2,1H3,(H,27,28)(H,29,30)(H,31,32)/t15?,17-,18-,19?,20?/m0/s1. The molecule has 35 heavy (non-hydrogen) atoms. The number of carboxylic acid groups (broad SMARTS) is 3. The maximum absolute atomic E-state index is 12.8. The van der Waals surface area contributed by atoms with E-state index in [1.807, 2.05) is 4.90 Å². The minimum Gasteiger partial charge on any atom is -0.481 e. The fourth-order valence-corrected chi connectivity index (χ4v) is 6.75. The van der Waals surface area contributed by atoms with Crippen LogP contribution in [0, 0.1) is 11.8 Å². The maximum Gasteiger partial charge on any atom is 0.322 e. The normalized spacial score (nSPS) is 26.7. The second-order valence-corrected chi connectivity index (χ2v) is 11.0. The summed E-state index contributed by atoms with van der Waals surface area (Å²) in [5.41, 5.74) is 6.80. The van der Waals surface area contributed by atoms with Gasteiger partial charge >= 0.3 is 17.9 Å². The molecule has 6 N–H and O–H groups in total. The number of fused-ring (bicyclic) bond motifs is 3. The number of piperidine rings is 3. The molecule has 194 valence electrons. The monoisotopic (exact) mass is 512 g/mol. The molecule has 0 aliphatic carbocycles. The predicted molar refractivity (Wildman–Crippen MR) is 125 cm³/mol. The molecule has 3 fully saturated rings. The third kappa shape index (κ3) is 6.35. The van der Waals surface area contributed by atoms with Gasteiger partial charge in [-0.15, -0.1) is 0 Å². The fourth-order valence-electron chi connectivity index (χ4n) is 5.37. The van der Waals surface area contributed by atoms with Crippen molar-refractivity contribution in [2.24, 2.45) is 17.6 Å². The first kappa shape index (κ1) is 27.0. The summed E-state index contributed by atoms with van der Waals surface area (Å²) in [4.78, 5) is 39.7. The molecule has 0 aromatic heterocycles.